The van der Waals surface area contributed by atoms with E-state index in [1.807, 2.05) is 6.92 Å². The van der Waals surface area contributed by atoms with Gasteiger partial charge in [0.2, 0.25) is 70.9 Å². The molecule has 12 amide bonds. The molecule has 4 aliphatic heterocycles. The second-order valence-corrected chi connectivity index (χ2v) is 31.0. The van der Waals surface area contributed by atoms with Crippen molar-refractivity contribution in [2.75, 3.05) is 88.7 Å². The summed E-state index contributed by atoms with van der Waals surface area (Å²) in [5.74, 6) is -8.79. The monoisotopic (exact) mass is 1450 g/mol. The molecule has 4 saturated heterocycles. The number of benzene rings is 1. The molecule has 0 aromatic heterocycles. The third kappa shape index (κ3) is 18.0. The van der Waals surface area contributed by atoms with Crippen LogP contribution in [0.2, 0.25) is 5.02 Å². The Kier molecular flexibility index (Phi) is 26.5. The predicted octanol–water partition coefficient (Wildman–Crippen LogP) is 5.16. The number of amides is 12. The minimum Gasteiger partial charge on any atom is -0.377 e. The van der Waals surface area contributed by atoms with Crippen LogP contribution >= 0.6 is 11.6 Å². The summed E-state index contributed by atoms with van der Waals surface area (Å²) >= 11 is 6.17. The molecule has 4 saturated carbocycles. The van der Waals surface area contributed by atoms with Crippen LogP contribution in [-0.4, -0.2) is 264 Å². The number of likely N-dealkylation sites (N-methyl/N-ethyl adjacent to an activating group) is 7. The minimum absolute atomic E-state index is 0.0300. The Morgan fingerprint density at radius 1 is 0.627 bits per heavy atom. The van der Waals surface area contributed by atoms with Crippen molar-refractivity contribution in [3.63, 3.8) is 0 Å². The third-order valence-electron chi connectivity index (χ3n) is 23.7. The SMILES string of the molecule is CC[C@H](C)[C@@H]1NC(=O)[C@H](C2CCC2)N(C)C(=O)C[C@@H](C(=O)N2C3CCC2COC3)N(C)C(=O)[C@H](C2CCCCC2)N(C)C(=O)C2(CCCC2)NC(=O)[C@@H]2CCCN2C(=O)[C@H](CCc2ccc(C(F)(F)F)c(Cl)c2)NC(=O)CN(C)C(=O)[C@H](CC2CCCC2)N(C)C(=O)CN(C)C(=O)CN(C)C1=O. The molecule has 1 spiro atoms. The van der Waals surface area contributed by atoms with E-state index in [4.69, 9.17) is 16.3 Å². The fraction of sp³-hybridized carbons (Fsp3) is 0.753. The van der Waals surface area contributed by atoms with E-state index < -0.39 is 173 Å². The molecule has 8 aliphatic rings. The average Bonchev–Trinajstić information content (AvgIpc) is 1.50. The normalized spacial score (nSPS) is 29.2. The lowest BCUT2D eigenvalue weighted by Crippen LogP contribution is -2.65. The van der Waals surface area contributed by atoms with Gasteiger partial charge in [0.1, 0.15) is 47.8 Å². The second kappa shape index (κ2) is 34.2. The van der Waals surface area contributed by atoms with Crippen LogP contribution in [0.1, 0.15) is 179 Å². The number of fused-ring (bicyclic) bond motifs is 3. The molecule has 1 aromatic rings. The molecule has 1 aromatic carbocycles. The number of nitrogens with zero attached hydrogens (tertiary/aromatic N) is 9. The molecule has 0 radical (unpaired) electrons. The van der Waals surface area contributed by atoms with Gasteiger partial charge in [0.15, 0.2) is 0 Å². The molecule has 29 heteroatoms. The Hall–Kier alpha value is -7.10. The highest BCUT2D eigenvalue weighted by Gasteiger charge is 2.53. The smallest absolute Gasteiger partial charge is 0.377 e. The lowest BCUT2D eigenvalue weighted by atomic mass is 9.78. The summed E-state index contributed by atoms with van der Waals surface area (Å²) < 4.78 is 47.6. The summed E-state index contributed by atoms with van der Waals surface area (Å²) in [5, 5.41) is 8.25. The Balaban J connectivity index is 1.08. The van der Waals surface area contributed by atoms with Gasteiger partial charge in [0.25, 0.3) is 0 Å². The molecule has 10 atom stereocenters. The van der Waals surface area contributed by atoms with Gasteiger partial charge in [0.05, 0.1) is 61.9 Å². The first-order valence-corrected chi connectivity index (χ1v) is 37.5. The van der Waals surface area contributed by atoms with Crippen LogP contribution in [0.4, 0.5) is 13.2 Å². The van der Waals surface area contributed by atoms with Crippen molar-refractivity contribution in [1.29, 1.82) is 0 Å². The lowest BCUT2D eigenvalue weighted by molar-refractivity contribution is -0.160. The van der Waals surface area contributed by atoms with Crippen LogP contribution in [0.5, 0.6) is 0 Å². The van der Waals surface area contributed by atoms with E-state index in [1.165, 1.54) is 84.8 Å². The van der Waals surface area contributed by atoms with Gasteiger partial charge in [-0.25, -0.2) is 0 Å². The van der Waals surface area contributed by atoms with Gasteiger partial charge in [-0.3, -0.25) is 57.5 Å². The van der Waals surface area contributed by atoms with Gasteiger partial charge in [-0.15, -0.1) is 0 Å². The summed E-state index contributed by atoms with van der Waals surface area (Å²) in [4.78, 5) is 192. The maximum absolute atomic E-state index is 16.0. The molecule has 3 N–H and O–H groups in total. The first-order valence-electron chi connectivity index (χ1n) is 37.1. The molecule has 2 bridgehead atoms. The Morgan fingerprint density at radius 3 is 1.84 bits per heavy atom. The Morgan fingerprint density at radius 2 is 1.24 bits per heavy atom. The van der Waals surface area contributed by atoms with E-state index in [-0.39, 0.29) is 82.2 Å². The topological polar surface area (TPSA) is 279 Å². The Bertz CT molecular complexity index is 3250. The summed E-state index contributed by atoms with van der Waals surface area (Å²) in [6.07, 6.45) is 6.88. The van der Waals surface area contributed by atoms with Gasteiger partial charge in [0, 0.05) is 55.9 Å². The molecule has 9 rings (SSSR count). The molecule has 566 valence electrons. The lowest BCUT2D eigenvalue weighted by Gasteiger charge is -2.44. The number of aryl methyl sites for hydroxylation is 1. The van der Waals surface area contributed by atoms with Crippen molar-refractivity contribution in [3.05, 3.63) is 34.3 Å². The molecule has 8 fully saturated rings. The number of carbonyl (C=O) groups is 12. The highest BCUT2D eigenvalue weighted by Crippen LogP contribution is 2.40. The van der Waals surface area contributed by atoms with E-state index in [0.29, 0.717) is 69.8 Å². The summed E-state index contributed by atoms with van der Waals surface area (Å²) in [5.41, 5.74) is -2.35. The number of hydrogen-bond donors (Lipinski definition) is 3. The molecule has 4 aliphatic carbocycles. The number of alkyl halides is 3. The standard InChI is InChI=1S/C73H108ClF3N12O13/c1-10-44(2)61-69(99)83(5)40-59(92)81(3)41-60(93)84(6)55(37-45-20-14-15-21-45)67(97)82(4)39-57(90)78-53(32-28-46-27-31-51(52(74)36-46)73(75,76)77)66(96)88-35-19-26-54(88)64(94)80-72(33-16-17-34-72)71(101)87(9)63(48-22-12-11-13-23-48)70(100)85(7)56(68(98)89-49-29-30-50(89)43-102-42-49)38-58(91)86(8)62(65(95)79-61)47-24-18-25-47/h27,31,36,44-45,47-50,53-56,61-63H,10-26,28-30,32-35,37-43H2,1-9H3,(H,78,90)(H,79,95)(H,80,94)/t44-,49?,50?,53-,54-,55-,56-,61-,62-,63-/m0/s1. The van der Waals surface area contributed by atoms with Crippen LogP contribution in [-0.2, 0) is 74.9 Å². The van der Waals surface area contributed by atoms with Gasteiger partial charge < -0.3 is 64.8 Å². The molecule has 102 heavy (non-hydrogen) atoms. The quantitative estimate of drug-likeness (QED) is 0.273. The van der Waals surface area contributed by atoms with Crippen molar-refractivity contribution >= 4 is 82.5 Å². The van der Waals surface area contributed by atoms with Crippen molar-refractivity contribution < 1.29 is 75.4 Å². The van der Waals surface area contributed by atoms with Crippen molar-refractivity contribution in [2.45, 2.75) is 240 Å². The zero-order valence-corrected chi connectivity index (χ0v) is 61.8. The average molecular weight is 1450 g/mol. The minimum atomic E-state index is -4.76. The molecular weight excluding hydrogens is 1350 g/mol. The van der Waals surface area contributed by atoms with Gasteiger partial charge in [-0.1, -0.05) is 102 Å². The van der Waals surface area contributed by atoms with Crippen LogP contribution in [0, 0.1) is 23.7 Å². The number of halogens is 4. The van der Waals surface area contributed by atoms with Crippen molar-refractivity contribution in [3.8, 4) is 0 Å². The third-order valence-corrected chi connectivity index (χ3v) is 24.1. The van der Waals surface area contributed by atoms with E-state index in [9.17, 15) is 37.1 Å². The number of nitrogens with one attached hydrogen (secondary N) is 3. The van der Waals surface area contributed by atoms with Crippen LogP contribution < -0.4 is 16.0 Å². The first kappa shape index (κ1) is 79.0. The van der Waals surface area contributed by atoms with Crippen LogP contribution in [0.25, 0.3) is 0 Å². The van der Waals surface area contributed by atoms with Crippen molar-refractivity contribution in [2.24, 2.45) is 23.7 Å². The van der Waals surface area contributed by atoms with E-state index in [1.54, 1.807) is 11.8 Å². The number of morpholine rings is 1. The van der Waals surface area contributed by atoms with Crippen LogP contribution in [0.3, 0.4) is 0 Å². The van der Waals surface area contributed by atoms with Crippen molar-refractivity contribution in [1.82, 2.24) is 60.0 Å². The summed E-state index contributed by atoms with van der Waals surface area (Å²) in [6.45, 7) is 2.50. The second-order valence-electron chi connectivity index (χ2n) is 30.6. The predicted molar refractivity (Wildman–Crippen MR) is 371 cm³/mol. The molecule has 2 unspecified atom stereocenters. The number of hydrogen-bond acceptors (Lipinski definition) is 13. The molecule has 4 heterocycles. The summed E-state index contributed by atoms with van der Waals surface area (Å²) in [6, 6.07) is -6.17. The van der Waals surface area contributed by atoms with E-state index in [0.717, 1.165) is 73.3 Å². The van der Waals surface area contributed by atoms with E-state index >= 15 is 33.6 Å². The van der Waals surface area contributed by atoms with Crippen LogP contribution in [0.15, 0.2) is 18.2 Å². The number of carbonyl (C=O) groups excluding carboxylic acids is 12. The highest BCUT2D eigenvalue weighted by molar-refractivity contribution is 6.31. The van der Waals surface area contributed by atoms with Gasteiger partial charge in [-0.2, -0.15) is 13.2 Å². The number of rotatable bonds is 10. The summed E-state index contributed by atoms with van der Waals surface area (Å²) in [7, 11) is 10.1. The number of ether oxygens (including phenoxy) is 1. The Labute approximate surface area is 602 Å². The largest absolute Gasteiger partial charge is 0.417 e. The fourth-order valence-electron chi connectivity index (χ4n) is 17.1. The highest BCUT2D eigenvalue weighted by atomic mass is 35.5. The molecule has 25 nitrogen and oxygen atoms in total. The fourth-order valence-corrected chi connectivity index (χ4v) is 17.4. The first-order chi connectivity index (χ1) is 48.3. The maximum atomic E-state index is 16.0. The zero-order valence-electron chi connectivity index (χ0n) is 61.0. The maximum Gasteiger partial charge on any atom is 0.417 e. The zero-order chi connectivity index (χ0) is 74.2. The van der Waals surface area contributed by atoms with E-state index in [2.05, 4.69) is 16.0 Å². The van der Waals surface area contributed by atoms with Gasteiger partial charge in [-0.05, 0) is 125 Å². The van der Waals surface area contributed by atoms with Gasteiger partial charge >= 0.3 is 6.18 Å². The molecular formula is C73H108ClF3N12O13.